The Kier molecular flexibility index (Phi) is 7.90. The summed E-state index contributed by atoms with van der Waals surface area (Å²) in [7, 11) is 1.52. The Morgan fingerprint density at radius 1 is 1.71 bits per heavy atom. The van der Waals surface area contributed by atoms with Crippen LogP contribution in [0, 0.1) is 12.3 Å². The van der Waals surface area contributed by atoms with E-state index in [-0.39, 0.29) is 5.91 Å². The van der Waals surface area contributed by atoms with Crippen molar-refractivity contribution in [2.24, 2.45) is 0 Å². The average Bonchev–Trinajstić information content (AvgIpc) is 2.15. The Labute approximate surface area is 84.6 Å². The number of ether oxygens (including phenoxy) is 1. The van der Waals surface area contributed by atoms with Crippen LogP contribution < -0.4 is 5.32 Å². The molecule has 0 heterocycles. The van der Waals surface area contributed by atoms with Gasteiger partial charge in [0.25, 0.3) is 0 Å². The lowest BCUT2D eigenvalue weighted by Crippen LogP contribution is -2.28. The van der Waals surface area contributed by atoms with E-state index in [0.29, 0.717) is 32.4 Å². The maximum atomic E-state index is 11.0. The minimum absolute atomic E-state index is 0.0763. The van der Waals surface area contributed by atoms with Crippen molar-refractivity contribution in [3.63, 3.8) is 0 Å². The Morgan fingerprint density at radius 3 is 3.00 bits per heavy atom. The van der Waals surface area contributed by atoms with Crippen molar-refractivity contribution in [2.75, 3.05) is 20.3 Å². The molecular formula is C10H17NO3. The van der Waals surface area contributed by atoms with Crippen molar-refractivity contribution in [2.45, 2.75) is 25.4 Å². The van der Waals surface area contributed by atoms with Crippen LogP contribution in [-0.4, -0.2) is 37.4 Å². The first kappa shape index (κ1) is 12.9. The van der Waals surface area contributed by atoms with Crippen molar-refractivity contribution < 1.29 is 14.6 Å². The first-order chi connectivity index (χ1) is 6.70. The van der Waals surface area contributed by atoms with Gasteiger partial charge in [0.15, 0.2) is 0 Å². The highest BCUT2D eigenvalue weighted by Crippen LogP contribution is 1.91. The van der Waals surface area contributed by atoms with Gasteiger partial charge in [0.05, 0.1) is 12.7 Å². The molecule has 4 nitrogen and oxygen atoms in total. The Balaban J connectivity index is 3.35. The fourth-order valence-corrected chi connectivity index (χ4v) is 0.928. The second-order valence-electron chi connectivity index (χ2n) is 2.95. The van der Waals surface area contributed by atoms with Crippen molar-refractivity contribution >= 4 is 5.91 Å². The zero-order valence-corrected chi connectivity index (χ0v) is 8.45. The van der Waals surface area contributed by atoms with Crippen LogP contribution in [0.15, 0.2) is 0 Å². The molecule has 0 aromatic rings. The number of aliphatic hydroxyl groups excluding tert-OH is 1. The standard InChI is InChI=1S/C10H17NO3/c1-3-4-5-10(13)11-7-6-9(12)8-14-2/h1,9,12H,4-8H2,2H3,(H,11,13). The molecule has 14 heavy (non-hydrogen) atoms. The monoisotopic (exact) mass is 199 g/mol. The van der Waals surface area contributed by atoms with Crippen molar-refractivity contribution in [1.29, 1.82) is 0 Å². The van der Waals surface area contributed by atoms with Gasteiger partial charge in [-0.1, -0.05) is 0 Å². The normalized spacial score (nSPS) is 11.8. The van der Waals surface area contributed by atoms with Gasteiger partial charge in [-0.25, -0.2) is 0 Å². The quantitative estimate of drug-likeness (QED) is 0.563. The van der Waals surface area contributed by atoms with Crippen LogP contribution >= 0.6 is 0 Å². The molecule has 1 atom stereocenters. The molecular weight excluding hydrogens is 182 g/mol. The molecule has 0 aliphatic carbocycles. The molecule has 80 valence electrons. The summed E-state index contributed by atoms with van der Waals surface area (Å²) >= 11 is 0. The first-order valence-corrected chi connectivity index (χ1v) is 4.58. The SMILES string of the molecule is C#CCCC(=O)NCCC(O)COC. The molecule has 0 aliphatic heterocycles. The Morgan fingerprint density at radius 2 is 2.43 bits per heavy atom. The molecule has 1 unspecified atom stereocenters. The first-order valence-electron chi connectivity index (χ1n) is 4.58. The number of hydrogen-bond donors (Lipinski definition) is 2. The summed E-state index contributed by atoms with van der Waals surface area (Å²) in [6.45, 7) is 0.744. The largest absolute Gasteiger partial charge is 0.391 e. The number of carbonyl (C=O) groups excluding carboxylic acids is 1. The topological polar surface area (TPSA) is 58.6 Å². The zero-order valence-electron chi connectivity index (χ0n) is 8.45. The highest BCUT2D eigenvalue weighted by atomic mass is 16.5. The summed E-state index contributed by atoms with van der Waals surface area (Å²) < 4.78 is 4.74. The predicted octanol–water partition coefficient (Wildman–Crippen LogP) is -0.0866. The lowest BCUT2D eigenvalue weighted by molar-refractivity contribution is -0.121. The van der Waals surface area contributed by atoms with Crippen LogP contribution in [0.1, 0.15) is 19.3 Å². The van der Waals surface area contributed by atoms with E-state index >= 15 is 0 Å². The number of aliphatic hydroxyl groups is 1. The Hall–Kier alpha value is -1.05. The average molecular weight is 199 g/mol. The van der Waals surface area contributed by atoms with Crippen LogP contribution in [0.25, 0.3) is 0 Å². The number of terminal acetylenes is 1. The van der Waals surface area contributed by atoms with Gasteiger partial charge >= 0.3 is 0 Å². The van der Waals surface area contributed by atoms with Crippen LogP contribution in [0.4, 0.5) is 0 Å². The van der Waals surface area contributed by atoms with Gasteiger partial charge in [-0.15, -0.1) is 12.3 Å². The molecule has 0 aromatic carbocycles. The predicted molar refractivity (Wildman–Crippen MR) is 53.6 cm³/mol. The maximum Gasteiger partial charge on any atom is 0.220 e. The summed E-state index contributed by atoms with van der Waals surface area (Å²) in [6.07, 6.45) is 5.78. The highest BCUT2D eigenvalue weighted by molar-refractivity contribution is 5.76. The van der Waals surface area contributed by atoms with Crippen LogP contribution in [0.5, 0.6) is 0 Å². The van der Waals surface area contributed by atoms with E-state index in [1.165, 1.54) is 7.11 Å². The zero-order chi connectivity index (χ0) is 10.8. The minimum Gasteiger partial charge on any atom is -0.391 e. The molecule has 0 bridgehead atoms. The van der Waals surface area contributed by atoms with Gasteiger partial charge in [0.1, 0.15) is 0 Å². The molecule has 1 amide bonds. The van der Waals surface area contributed by atoms with Crippen LogP contribution in [-0.2, 0) is 9.53 Å². The minimum atomic E-state index is -0.520. The van der Waals surface area contributed by atoms with Crippen molar-refractivity contribution in [3.8, 4) is 12.3 Å². The van der Waals surface area contributed by atoms with Gasteiger partial charge < -0.3 is 15.2 Å². The molecule has 0 aliphatic rings. The van der Waals surface area contributed by atoms with E-state index in [9.17, 15) is 9.90 Å². The molecule has 0 radical (unpaired) electrons. The fraction of sp³-hybridized carbons (Fsp3) is 0.700. The fourth-order valence-electron chi connectivity index (χ4n) is 0.928. The second-order valence-corrected chi connectivity index (χ2v) is 2.95. The van der Waals surface area contributed by atoms with E-state index in [0.717, 1.165) is 0 Å². The van der Waals surface area contributed by atoms with Gasteiger partial charge in [-0.2, -0.15) is 0 Å². The summed E-state index contributed by atoms with van der Waals surface area (Å²) in [5.74, 6) is 2.31. The summed E-state index contributed by atoms with van der Waals surface area (Å²) in [5, 5.41) is 11.9. The number of hydrogen-bond acceptors (Lipinski definition) is 3. The molecule has 0 fully saturated rings. The van der Waals surface area contributed by atoms with Gasteiger partial charge in [-0.3, -0.25) is 4.79 Å². The van der Waals surface area contributed by atoms with Gasteiger partial charge in [0, 0.05) is 26.5 Å². The summed E-state index contributed by atoms with van der Waals surface area (Å²) in [4.78, 5) is 11.0. The molecule has 0 aromatic heterocycles. The number of amides is 1. The molecule has 0 rings (SSSR count). The van der Waals surface area contributed by atoms with E-state index in [1.807, 2.05) is 0 Å². The number of carbonyl (C=O) groups is 1. The van der Waals surface area contributed by atoms with Gasteiger partial charge in [-0.05, 0) is 6.42 Å². The lowest BCUT2D eigenvalue weighted by Gasteiger charge is -2.09. The van der Waals surface area contributed by atoms with Crippen molar-refractivity contribution in [3.05, 3.63) is 0 Å². The van der Waals surface area contributed by atoms with Crippen LogP contribution in [0.2, 0.25) is 0 Å². The maximum absolute atomic E-state index is 11.0. The van der Waals surface area contributed by atoms with Crippen molar-refractivity contribution in [1.82, 2.24) is 5.32 Å². The number of nitrogens with one attached hydrogen (secondary N) is 1. The lowest BCUT2D eigenvalue weighted by atomic mass is 10.2. The molecule has 0 spiro atoms. The third-order valence-electron chi connectivity index (χ3n) is 1.66. The number of methoxy groups -OCH3 is 1. The molecule has 2 N–H and O–H groups in total. The van der Waals surface area contributed by atoms with E-state index in [4.69, 9.17) is 11.2 Å². The Bertz CT molecular complexity index is 198. The van der Waals surface area contributed by atoms with Gasteiger partial charge in [0.2, 0.25) is 5.91 Å². The van der Waals surface area contributed by atoms with E-state index < -0.39 is 6.10 Å². The molecule has 0 saturated carbocycles. The molecule has 4 heteroatoms. The highest BCUT2D eigenvalue weighted by Gasteiger charge is 2.04. The summed E-state index contributed by atoms with van der Waals surface area (Å²) in [5.41, 5.74) is 0. The second kappa shape index (κ2) is 8.54. The third-order valence-corrected chi connectivity index (χ3v) is 1.66. The number of rotatable bonds is 7. The molecule has 0 saturated heterocycles. The van der Waals surface area contributed by atoms with E-state index in [2.05, 4.69) is 11.2 Å². The van der Waals surface area contributed by atoms with Crippen LogP contribution in [0.3, 0.4) is 0 Å². The van der Waals surface area contributed by atoms with E-state index in [1.54, 1.807) is 0 Å². The smallest absolute Gasteiger partial charge is 0.220 e. The third kappa shape index (κ3) is 7.59. The summed E-state index contributed by atoms with van der Waals surface area (Å²) in [6, 6.07) is 0.